The molecule has 0 spiro atoms. The summed E-state index contributed by atoms with van der Waals surface area (Å²) < 4.78 is 18.1. The summed E-state index contributed by atoms with van der Waals surface area (Å²) >= 11 is 5.93. The van der Waals surface area contributed by atoms with Gasteiger partial charge in [0.1, 0.15) is 5.82 Å². The molecule has 0 aliphatic carbocycles. The molecule has 96 valence electrons. The molecule has 0 fully saturated rings. The number of hydrogen-bond acceptors (Lipinski definition) is 4. The molecule has 2 rings (SSSR count). The zero-order chi connectivity index (χ0) is 13.1. The summed E-state index contributed by atoms with van der Waals surface area (Å²) in [7, 11) is 1.86. The Kier molecular flexibility index (Phi) is 3.93. The Labute approximate surface area is 109 Å². The molecule has 1 unspecified atom stereocenters. The minimum atomic E-state index is -0.392. The summed E-state index contributed by atoms with van der Waals surface area (Å²) in [5.74, 6) is 0.502. The van der Waals surface area contributed by atoms with Crippen LogP contribution in [0, 0.1) is 5.82 Å². The average Bonchev–Trinajstić information content (AvgIpc) is 2.77. The lowest BCUT2D eigenvalue weighted by Gasteiger charge is -2.04. The summed E-state index contributed by atoms with van der Waals surface area (Å²) in [4.78, 5) is 4.23. The number of likely N-dealkylation sites (N-methyl/N-ethyl adjacent to an activating group) is 1. The van der Waals surface area contributed by atoms with E-state index in [1.807, 2.05) is 14.0 Å². The van der Waals surface area contributed by atoms with Gasteiger partial charge in [-0.25, -0.2) is 4.39 Å². The van der Waals surface area contributed by atoms with Gasteiger partial charge in [0.15, 0.2) is 0 Å². The van der Waals surface area contributed by atoms with Crippen LogP contribution in [-0.4, -0.2) is 23.2 Å². The van der Waals surface area contributed by atoms with Crippen LogP contribution in [0.1, 0.15) is 12.8 Å². The van der Waals surface area contributed by atoms with Crippen LogP contribution in [0.2, 0.25) is 5.02 Å². The first-order chi connectivity index (χ1) is 8.60. The molecule has 0 aliphatic rings. The first-order valence-corrected chi connectivity index (χ1v) is 5.93. The van der Waals surface area contributed by atoms with Crippen molar-refractivity contribution in [3.63, 3.8) is 0 Å². The van der Waals surface area contributed by atoms with Gasteiger partial charge < -0.3 is 9.84 Å². The predicted octanol–water partition coefficient (Wildman–Crippen LogP) is 2.68. The van der Waals surface area contributed by atoms with Crippen molar-refractivity contribution < 1.29 is 8.91 Å². The highest BCUT2D eigenvalue weighted by atomic mass is 35.5. The fourth-order valence-electron chi connectivity index (χ4n) is 1.48. The highest BCUT2D eigenvalue weighted by Gasteiger charge is 2.13. The molecule has 1 aromatic heterocycles. The molecule has 0 amide bonds. The number of nitrogens with one attached hydrogen (secondary N) is 1. The lowest BCUT2D eigenvalue weighted by molar-refractivity contribution is 0.365. The van der Waals surface area contributed by atoms with Gasteiger partial charge in [-0.3, -0.25) is 0 Å². The Morgan fingerprint density at radius 1 is 1.50 bits per heavy atom. The molecule has 1 heterocycles. The number of aromatic nitrogens is 2. The maximum absolute atomic E-state index is 12.9. The summed E-state index contributed by atoms with van der Waals surface area (Å²) in [6, 6.07) is 4.31. The van der Waals surface area contributed by atoms with Crippen molar-refractivity contribution >= 4 is 11.6 Å². The normalized spacial score (nSPS) is 12.7. The molecule has 1 aromatic carbocycles. The SMILES string of the molecule is CNC(C)Cc1nc(-c2ccc(F)cc2Cl)no1. The molecule has 1 atom stereocenters. The Balaban J connectivity index is 2.24. The second kappa shape index (κ2) is 5.46. The summed E-state index contributed by atoms with van der Waals surface area (Å²) in [5, 5.41) is 7.19. The quantitative estimate of drug-likeness (QED) is 0.927. The van der Waals surface area contributed by atoms with Gasteiger partial charge in [-0.2, -0.15) is 4.98 Å². The van der Waals surface area contributed by atoms with Crippen LogP contribution >= 0.6 is 11.6 Å². The zero-order valence-electron chi connectivity index (χ0n) is 10.1. The van der Waals surface area contributed by atoms with Crippen molar-refractivity contribution in [1.29, 1.82) is 0 Å². The summed E-state index contributed by atoms with van der Waals surface area (Å²) in [6.07, 6.45) is 0.627. The molecular formula is C12H13ClFN3O. The van der Waals surface area contributed by atoms with Gasteiger partial charge in [-0.1, -0.05) is 16.8 Å². The van der Waals surface area contributed by atoms with Crippen molar-refractivity contribution in [3.05, 3.63) is 34.9 Å². The summed E-state index contributed by atoms with van der Waals surface area (Å²) in [5.41, 5.74) is 0.560. The van der Waals surface area contributed by atoms with E-state index < -0.39 is 5.82 Å². The van der Waals surface area contributed by atoms with E-state index in [0.29, 0.717) is 23.7 Å². The fraction of sp³-hybridized carbons (Fsp3) is 0.333. The third-order valence-electron chi connectivity index (χ3n) is 2.61. The average molecular weight is 270 g/mol. The highest BCUT2D eigenvalue weighted by Crippen LogP contribution is 2.26. The van der Waals surface area contributed by atoms with Crippen molar-refractivity contribution in [1.82, 2.24) is 15.5 Å². The Morgan fingerprint density at radius 2 is 2.28 bits per heavy atom. The topological polar surface area (TPSA) is 51.0 Å². The third-order valence-corrected chi connectivity index (χ3v) is 2.93. The van der Waals surface area contributed by atoms with Gasteiger partial charge in [0.25, 0.3) is 0 Å². The van der Waals surface area contributed by atoms with Crippen LogP contribution in [0.15, 0.2) is 22.7 Å². The molecule has 2 aromatic rings. The number of rotatable bonds is 4. The van der Waals surface area contributed by atoms with Crippen LogP contribution < -0.4 is 5.32 Å². The zero-order valence-corrected chi connectivity index (χ0v) is 10.8. The first-order valence-electron chi connectivity index (χ1n) is 5.55. The molecule has 0 saturated heterocycles. The maximum atomic E-state index is 12.9. The van der Waals surface area contributed by atoms with Gasteiger partial charge >= 0.3 is 0 Å². The molecule has 18 heavy (non-hydrogen) atoms. The minimum absolute atomic E-state index is 0.238. The van der Waals surface area contributed by atoms with E-state index in [1.165, 1.54) is 18.2 Å². The van der Waals surface area contributed by atoms with Crippen molar-refractivity contribution in [3.8, 4) is 11.4 Å². The minimum Gasteiger partial charge on any atom is -0.339 e. The van der Waals surface area contributed by atoms with E-state index in [4.69, 9.17) is 16.1 Å². The monoisotopic (exact) mass is 269 g/mol. The van der Waals surface area contributed by atoms with E-state index in [2.05, 4.69) is 15.5 Å². The molecule has 0 saturated carbocycles. The van der Waals surface area contributed by atoms with Crippen molar-refractivity contribution in [2.24, 2.45) is 0 Å². The molecule has 1 N–H and O–H groups in total. The number of halogens is 2. The van der Waals surface area contributed by atoms with Crippen LogP contribution in [-0.2, 0) is 6.42 Å². The molecular weight excluding hydrogens is 257 g/mol. The standard InChI is InChI=1S/C12H13ClFN3O/c1-7(15-2)5-11-16-12(17-18-11)9-4-3-8(14)6-10(9)13/h3-4,6-7,15H,5H2,1-2H3. The lowest BCUT2D eigenvalue weighted by atomic mass is 10.2. The second-order valence-electron chi connectivity index (χ2n) is 4.03. The molecule has 0 radical (unpaired) electrons. The second-order valence-corrected chi connectivity index (χ2v) is 4.44. The summed E-state index contributed by atoms with van der Waals surface area (Å²) in [6.45, 7) is 2.01. The van der Waals surface area contributed by atoms with Gasteiger partial charge in [0.05, 0.1) is 5.02 Å². The van der Waals surface area contributed by atoms with Crippen LogP contribution in [0.5, 0.6) is 0 Å². The van der Waals surface area contributed by atoms with Crippen LogP contribution in [0.4, 0.5) is 4.39 Å². The highest BCUT2D eigenvalue weighted by molar-refractivity contribution is 6.33. The number of nitrogens with zero attached hydrogens (tertiary/aromatic N) is 2. The van der Waals surface area contributed by atoms with Crippen molar-refractivity contribution in [2.75, 3.05) is 7.05 Å². The van der Waals surface area contributed by atoms with E-state index in [1.54, 1.807) is 0 Å². The lowest BCUT2D eigenvalue weighted by Crippen LogP contribution is -2.23. The largest absolute Gasteiger partial charge is 0.339 e. The Bertz CT molecular complexity index is 544. The third kappa shape index (κ3) is 2.86. The van der Waals surface area contributed by atoms with Gasteiger partial charge in [0.2, 0.25) is 11.7 Å². The molecule has 4 nitrogen and oxygen atoms in total. The van der Waals surface area contributed by atoms with Crippen LogP contribution in [0.3, 0.4) is 0 Å². The fourth-order valence-corrected chi connectivity index (χ4v) is 1.73. The molecule has 0 bridgehead atoms. The molecule has 6 heteroatoms. The van der Waals surface area contributed by atoms with Crippen molar-refractivity contribution in [2.45, 2.75) is 19.4 Å². The van der Waals surface area contributed by atoms with E-state index in [0.717, 1.165) is 0 Å². The van der Waals surface area contributed by atoms with Gasteiger partial charge in [-0.05, 0) is 32.2 Å². The van der Waals surface area contributed by atoms with E-state index >= 15 is 0 Å². The number of benzene rings is 1. The molecule has 0 aliphatic heterocycles. The predicted molar refractivity (Wildman–Crippen MR) is 66.9 cm³/mol. The smallest absolute Gasteiger partial charge is 0.228 e. The van der Waals surface area contributed by atoms with E-state index in [9.17, 15) is 4.39 Å². The number of hydrogen-bond donors (Lipinski definition) is 1. The Hall–Kier alpha value is -1.46. The van der Waals surface area contributed by atoms with Gasteiger partial charge in [-0.15, -0.1) is 0 Å². The Morgan fingerprint density at radius 3 is 2.94 bits per heavy atom. The first kappa shape index (κ1) is 13.0. The van der Waals surface area contributed by atoms with E-state index in [-0.39, 0.29) is 11.1 Å². The maximum Gasteiger partial charge on any atom is 0.228 e. The van der Waals surface area contributed by atoms with Gasteiger partial charge in [0, 0.05) is 18.0 Å². The van der Waals surface area contributed by atoms with Crippen LogP contribution in [0.25, 0.3) is 11.4 Å².